The van der Waals surface area contributed by atoms with E-state index in [1.165, 1.54) is 12.1 Å². The number of carbonyl (C=O) groups is 2. The molecule has 29 heavy (non-hydrogen) atoms. The van der Waals surface area contributed by atoms with Gasteiger partial charge < -0.3 is 15.0 Å². The van der Waals surface area contributed by atoms with Crippen LogP contribution in [0, 0.1) is 11.7 Å². The molecule has 1 heterocycles. The van der Waals surface area contributed by atoms with Gasteiger partial charge in [0, 0.05) is 19.6 Å². The summed E-state index contributed by atoms with van der Waals surface area (Å²) in [6, 6.07) is 15.7. The van der Waals surface area contributed by atoms with Crippen LogP contribution in [-0.2, 0) is 16.0 Å². The number of rotatable bonds is 8. The molecule has 0 spiro atoms. The Labute approximate surface area is 170 Å². The van der Waals surface area contributed by atoms with E-state index in [0.29, 0.717) is 39.1 Å². The predicted molar refractivity (Wildman–Crippen MR) is 109 cm³/mol. The van der Waals surface area contributed by atoms with E-state index in [-0.39, 0.29) is 23.5 Å². The lowest BCUT2D eigenvalue weighted by atomic mass is 9.96. The largest absolute Gasteiger partial charge is 0.493 e. The number of nitrogens with one attached hydrogen (secondary N) is 1. The highest BCUT2D eigenvalue weighted by molar-refractivity contribution is 5.81. The number of halogens is 1. The third-order valence-electron chi connectivity index (χ3n) is 5.10. The Balaban J connectivity index is 1.38. The van der Waals surface area contributed by atoms with Crippen LogP contribution in [0.5, 0.6) is 5.75 Å². The minimum absolute atomic E-state index is 0.0183. The minimum Gasteiger partial charge on any atom is -0.493 e. The van der Waals surface area contributed by atoms with Gasteiger partial charge in [0.25, 0.3) is 0 Å². The molecule has 0 aliphatic carbocycles. The van der Waals surface area contributed by atoms with Crippen molar-refractivity contribution in [3.63, 3.8) is 0 Å². The number of hydrogen-bond donors (Lipinski definition) is 1. The topological polar surface area (TPSA) is 58.6 Å². The van der Waals surface area contributed by atoms with Gasteiger partial charge in [-0.05, 0) is 49.1 Å². The molecular formula is C23H27FN2O3. The highest BCUT2D eigenvalue weighted by atomic mass is 19.1. The summed E-state index contributed by atoms with van der Waals surface area (Å²) >= 11 is 0. The third kappa shape index (κ3) is 6.59. The first-order valence-corrected chi connectivity index (χ1v) is 10.1. The molecule has 1 saturated heterocycles. The predicted octanol–water partition coefficient (Wildman–Crippen LogP) is 3.19. The molecule has 0 radical (unpaired) electrons. The van der Waals surface area contributed by atoms with Crippen molar-refractivity contribution in [3.8, 4) is 5.75 Å². The van der Waals surface area contributed by atoms with Gasteiger partial charge in [0.15, 0.2) is 0 Å². The summed E-state index contributed by atoms with van der Waals surface area (Å²) < 4.78 is 18.5. The zero-order chi connectivity index (χ0) is 20.5. The number of amides is 2. The van der Waals surface area contributed by atoms with E-state index in [2.05, 4.69) is 5.32 Å². The van der Waals surface area contributed by atoms with Crippen LogP contribution < -0.4 is 10.1 Å². The molecule has 5 nitrogen and oxygen atoms in total. The second kappa shape index (κ2) is 10.6. The Kier molecular flexibility index (Phi) is 7.61. The molecule has 0 saturated carbocycles. The van der Waals surface area contributed by atoms with Crippen LogP contribution in [0.2, 0.25) is 0 Å². The maximum Gasteiger partial charge on any atom is 0.226 e. The zero-order valence-corrected chi connectivity index (χ0v) is 16.5. The van der Waals surface area contributed by atoms with E-state index in [1.807, 2.05) is 30.3 Å². The van der Waals surface area contributed by atoms with Crippen molar-refractivity contribution in [3.05, 3.63) is 66.0 Å². The molecular weight excluding hydrogens is 371 g/mol. The molecule has 3 rings (SSSR count). The number of likely N-dealkylation sites (tertiary alicyclic amines) is 1. The SMILES string of the molecule is O=C(NCCc1ccc(F)cc1)C1CCCN(C(=O)CCOc2ccccc2)C1. The summed E-state index contributed by atoms with van der Waals surface area (Å²) in [5.74, 6) is 0.294. The Hall–Kier alpha value is -2.89. The molecule has 1 aliphatic heterocycles. The van der Waals surface area contributed by atoms with Crippen molar-refractivity contribution in [1.82, 2.24) is 10.2 Å². The van der Waals surface area contributed by atoms with Gasteiger partial charge in [0.2, 0.25) is 11.8 Å². The van der Waals surface area contributed by atoms with Crippen LogP contribution in [0.4, 0.5) is 4.39 Å². The Morgan fingerprint density at radius 1 is 1.10 bits per heavy atom. The van der Waals surface area contributed by atoms with Crippen LogP contribution in [0.3, 0.4) is 0 Å². The van der Waals surface area contributed by atoms with Gasteiger partial charge in [0.1, 0.15) is 11.6 Å². The molecule has 1 atom stereocenters. The summed E-state index contributed by atoms with van der Waals surface area (Å²) in [6.07, 6.45) is 2.56. The average molecular weight is 398 g/mol. The normalized spacial score (nSPS) is 16.3. The Morgan fingerprint density at radius 2 is 1.86 bits per heavy atom. The number of piperidine rings is 1. The fourth-order valence-electron chi connectivity index (χ4n) is 3.47. The van der Waals surface area contributed by atoms with Crippen LogP contribution in [0.1, 0.15) is 24.8 Å². The third-order valence-corrected chi connectivity index (χ3v) is 5.10. The molecule has 1 fully saturated rings. The highest BCUT2D eigenvalue weighted by Gasteiger charge is 2.28. The van der Waals surface area contributed by atoms with Crippen molar-refractivity contribution in [2.75, 3.05) is 26.2 Å². The lowest BCUT2D eigenvalue weighted by molar-refractivity contribution is -0.136. The minimum atomic E-state index is -0.265. The van der Waals surface area contributed by atoms with Crippen LogP contribution in [0.25, 0.3) is 0 Å². The highest BCUT2D eigenvalue weighted by Crippen LogP contribution is 2.18. The van der Waals surface area contributed by atoms with E-state index in [4.69, 9.17) is 4.74 Å². The zero-order valence-electron chi connectivity index (χ0n) is 16.5. The van der Waals surface area contributed by atoms with Crippen molar-refractivity contribution in [2.45, 2.75) is 25.7 Å². The molecule has 1 aliphatic rings. The van der Waals surface area contributed by atoms with Gasteiger partial charge in [0.05, 0.1) is 18.9 Å². The van der Waals surface area contributed by atoms with Crippen molar-refractivity contribution in [1.29, 1.82) is 0 Å². The first-order chi connectivity index (χ1) is 14.1. The molecule has 154 valence electrons. The summed E-state index contributed by atoms with van der Waals surface area (Å²) in [6.45, 7) is 1.96. The van der Waals surface area contributed by atoms with E-state index >= 15 is 0 Å². The molecule has 0 aromatic heterocycles. The van der Waals surface area contributed by atoms with Crippen LogP contribution in [-0.4, -0.2) is 43.0 Å². The monoisotopic (exact) mass is 398 g/mol. The second-order valence-corrected chi connectivity index (χ2v) is 7.26. The first-order valence-electron chi connectivity index (χ1n) is 10.1. The molecule has 1 unspecified atom stereocenters. The number of nitrogens with zero attached hydrogens (tertiary/aromatic N) is 1. The van der Waals surface area contributed by atoms with E-state index < -0.39 is 0 Å². The van der Waals surface area contributed by atoms with E-state index in [0.717, 1.165) is 24.2 Å². The lowest BCUT2D eigenvalue weighted by Crippen LogP contribution is -2.46. The summed E-state index contributed by atoms with van der Waals surface area (Å²) in [5, 5.41) is 2.94. The second-order valence-electron chi connectivity index (χ2n) is 7.26. The molecule has 6 heteroatoms. The smallest absolute Gasteiger partial charge is 0.226 e. The number of para-hydroxylation sites is 1. The van der Waals surface area contributed by atoms with Crippen molar-refractivity contribution < 1.29 is 18.7 Å². The number of ether oxygens (including phenoxy) is 1. The van der Waals surface area contributed by atoms with E-state index in [1.54, 1.807) is 17.0 Å². The van der Waals surface area contributed by atoms with Gasteiger partial charge in [-0.15, -0.1) is 0 Å². The van der Waals surface area contributed by atoms with E-state index in [9.17, 15) is 14.0 Å². The molecule has 1 N–H and O–H groups in total. The number of carbonyl (C=O) groups excluding carboxylic acids is 2. The van der Waals surface area contributed by atoms with Gasteiger partial charge in [-0.25, -0.2) is 4.39 Å². The van der Waals surface area contributed by atoms with Crippen molar-refractivity contribution in [2.24, 2.45) is 5.92 Å². The summed E-state index contributed by atoms with van der Waals surface area (Å²) in [5.41, 5.74) is 0.977. The first kappa shape index (κ1) is 20.8. The number of hydrogen-bond acceptors (Lipinski definition) is 3. The molecule has 2 aromatic carbocycles. The summed E-state index contributed by atoms with van der Waals surface area (Å²) in [7, 11) is 0. The maximum atomic E-state index is 12.9. The fourth-order valence-corrected chi connectivity index (χ4v) is 3.47. The molecule has 2 amide bonds. The Morgan fingerprint density at radius 3 is 2.62 bits per heavy atom. The van der Waals surface area contributed by atoms with Crippen LogP contribution >= 0.6 is 0 Å². The van der Waals surface area contributed by atoms with Gasteiger partial charge in [-0.2, -0.15) is 0 Å². The maximum absolute atomic E-state index is 12.9. The Bertz CT molecular complexity index is 796. The molecule has 0 bridgehead atoms. The summed E-state index contributed by atoms with van der Waals surface area (Å²) in [4.78, 5) is 26.7. The van der Waals surface area contributed by atoms with Crippen LogP contribution in [0.15, 0.2) is 54.6 Å². The van der Waals surface area contributed by atoms with Gasteiger partial charge in [-0.1, -0.05) is 30.3 Å². The van der Waals surface area contributed by atoms with Gasteiger partial charge in [-0.3, -0.25) is 9.59 Å². The quantitative estimate of drug-likeness (QED) is 0.743. The lowest BCUT2D eigenvalue weighted by Gasteiger charge is -2.32. The van der Waals surface area contributed by atoms with Crippen molar-refractivity contribution >= 4 is 11.8 Å². The van der Waals surface area contributed by atoms with Gasteiger partial charge >= 0.3 is 0 Å². The number of benzene rings is 2. The molecule has 2 aromatic rings. The fraction of sp³-hybridized carbons (Fsp3) is 0.391. The standard InChI is InChI=1S/C23H27FN2O3/c24-20-10-8-18(9-11-20)12-14-25-23(28)19-5-4-15-26(17-19)22(27)13-16-29-21-6-2-1-3-7-21/h1-3,6-11,19H,4-5,12-17H2,(H,25,28). The average Bonchev–Trinajstić information content (AvgIpc) is 2.76.